The van der Waals surface area contributed by atoms with E-state index >= 15 is 0 Å². The quantitative estimate of drug-likeness (QED) is 0.0268. The summed E-state index contributed by atoms with van der Waals surface area (Å²) >= 11 is 0. The van der Waals surface area contributed by atoms with Gasteiger partial charge in [0.05, 0.1) is 0 Å². The van der Waals surface area contributed by atoms with E-state index in [4.69, 9.17) is 14.2 Å². The van der Waals surface area contributed by atoms with E-state index in [1.807, 2.05) is 97.2 Å². The molecule has 0 aromatic carbocycles. The van der Waals surface area contributed by atoms with E-state index in [1.54, 1.807) is 0 Å². The van der Waals surface area contributed by atoms with Crippen LogP contribution >= 0.6 is 0 Å². The zero-order valence-corrected chi connectivity index (χ0v) is 36.8. The highest BCUT2D eigenvalue weighted by Gasteiger charge is 2.19. The van der Waals surface area contributed by atoms with Crippen molar-refractivity contribution in [1.82, 2.24) is 0 Å². The molecule has 6 nitrogen and oxygen atoms in total. The van der Waals surface area contributed by atoms with Crippen molar-refractivity contribution >= 4 is 17.9 Å². The standard InChI is InChI=1S/C52H80O6/c1-4-7-10-13-16-19-22-24-26-28-30-33-36-39-42-45-51(54)57-48-49(47-56-50(53)44-41-38-35-32-21-18-15-12-9-6-3)58-52(55)46-43-40-37-34-31-29-27-25-23-20-17-14-11-8-5-2/h7-8,10-11,13-14,16-17,19-20,22-31,49H,4-6,9,12,15,18,21,32-48H2,1-3H3/b10-7-,11-8-,16-13-,17-14-,22-19-,23-20-,26-24-,27-25-,30-28-,31-29-. The van der Waals surface area contributed by atoms with Crippen LogP contribution in [0.1, 0.15) is 168 Å². The molecule has 6 heteroatoms. The Kier molecular flexibility index (Phi) is 42.2. The van der Waals surface area contributed by atoms with Gasteiger partial charge in [-0.1, -0.05) is 213 Å². The van der Waals surface area contributed by atoms with Crippen molar-refractivity contribution in [1.29, 1.82) is 0 Å². The molecule has 0 radical (unpaired) electrons. The molecule has 0 aromatic rings. The second-order valence-corrected chi connectivity index (χ2v) is 14.4. The number of rotatable bonds is 38. The fraction of sp³-hybridized carbons (Fsp3) is 0.558. The number of ether oxygens (including phenoxy) is 3. The van der Waals surface area contributed by atoms with E-state index in [9.17, 15) is 14.4 Å². The molecule has 58 heavy (non-hydrogen) atoms. The maximum absolute atomic E-state index is 12.7. The minimum absolute atomic E-state index is 0.112. The monoisotopic (exact) mass is 801 g/mol. The van der Waals surface area contributed by atoms with E-state index in [0.29, 0.717) is 19.3 Å². The van der Waals surface area contributed by atoms with E-state index in [0.717, 1.165) is 77.0 Å². The SMILES string of the molecule is CC\C=C/C=C\C=C/C=C\C=C/CCCCCC(=O)OCC(COC(=O)CCCCCCCCCCCC)OC(=O)CCCCC\C=C/C=C\C=C/C=C\C=C/CC. The lowest BCUT2D eigenvalue weighted by molar-refractivity contribution is -0.167. The lowest BCUT2D eigenvalue weighted by Gasteiger charge is -2.18. The minimum atomic E-state index is -0.817. The predicted molar refractivity (Wildman–Crippen MR) is 246 cm³/mol. The van der Waals surface area contributed by atoms with Crippen molar-refractivity contribution in [3.63, 3.8) is 0 Å². The maximum atomic E-state index is 12.7. The number of hydrogen-bond donors (Lipinski definition) is 0. The summed E-state index contributed by atoms with van der Waals surface area (Å²) in [6.07, 6.45) is 61.8. The molecular weight excluding hydrogens is 721 g/mol. The lowest BCUT2D eigenvalue weighted by Crippen LogP contribution is -2.30. The second-order valence-electron chi connectivity index (χ2n) is 14.4. The molecule has 324 valence electrons. The topological polar surface area (TPSA) is 78.9 Å². The molecular formula is C52H80O6. The fourth-order valence-electron chi connectivity index (χ4n) is 5.60. The largest absolute Gasteiger partial charge is 0.462 e. The number of allylic oxidation sites excluding steroid dienone is 20. The summed E-state index contributed by atoms with van der Waals surface area (Å²) < 4.78 is 16.6. The molecule has 0 fully saturated rings. The van der Waals surface area contributed by atoms with Crippen LogP contribution in [0.25, 0.3) is 0 Å². The highest BCUT2D eigenvalue weighted by atomic mass is 16.6. The van der Waals surface area contributed by atoms with Crippen LogP contribution in [0, 0.1) is 0 Å². The number of hydrogen-bond acceptors (Lipinski definition) is 6. The Morgan fingerprint density at radius 1 is 0.362 bits per heavy atom. The van der Waals surface area contributed by atoms with Gasteiger partial charge in [0.1, 0.15) is 13.2 Å². The first-order valence-electron chi connectivity index (χ1n) is 22.7. The van der Waals surface area contributed by atoms with Crippen molar-refractivity contribution in [2.24, 2.45) is 0 Å². The summed E-state index contributed by atoms with van der Waals surface area (Å²) in [4.78, 5) is 37.7. The van der Waals surface area contributed by atoms with Gasteiger partial charge < -0.3 is 14.2 Å². The van der Waals surface area contributed by atoms with Crippen molar-refractivity contribution in [3.05, 3.63) is 122 Å². The van der Waals surface area contributed by atoms with Crippen LogP contribution in [-0.4, -0.2) is 37.2 Å². The van der Waals surface area contributed by atoms with E-state index in [1.165, 1.54) is 44.9 Å². The number of esters is 3. The third kappa shape index (κ3) is 42.9. The molecule has 0 rings (SSSR count). The molecule has 0 heterocycles. The smallest absolute Gasteiger partial charge is 0.306 e. The van der Waals surface area contributed by atoms with Gasteiger partial charge in [-0.25, -0.2) is 0 Å². The van der Waals surface area contributed by atoms with Crippen LogP contribution in [0.2, 0.25) is 0 Å². The highest BCUT2D eigenvalue weighted by Crippen LogP contribution is 2.13. The molecule has 0 amide bonds. The van der Waals surface area contributed by atoms with Crippen LogP contribution in [-0.2, 0) is 28.6 Å². The average Bonchev–Trinajstić information content (AvgIpc) is 3.22. The van der Waals surface area contributed by atoms with Gasteiger partial charge in [-0.2, -0.15) is 0 Å². The lowest BCUT2D eigenvalue weighted by atomic mass is 10.1. The van der Waals surface area contributed by atoms with Crippen LogP contribution in [0.5, 0.6) is 0 Å². The predicted octanol–water partition coefficient (Wildman–Crippen LogP) is 14.6. The van der Waals surface area contributed by atoms with Crippen LogP contribution in [0.3, 0.4) is 0 Å². The van der Waals surface area contributed by atoms with Gasteiger partial charge in [0.2, 0.25) is 0 Å². The molecule has 0 bridgehead atoms. The second kappa shape index (κ2) is 45.5. The van der Waals surface area contributed by atoms with E-state index in [-0.39, 0.29) is 37.5 Å². The minimum Gasteiger partial charge on any atom is -0.462 e. The Morgan fingerprint density at radius 2 is 0.672 bits per heavy atom. The van der Waals surface area contributed by atoms with Crippen molar-refractivity contribution < 1.29 is 28.6 Å². The third-order valence-electron chi connectivity index (χ3n) is 8.97. The van der Waals surface area contributed by atoms with Gasteiger partial charge in [0, 0.05) is 19.3 Å². The maximum Gasteiger partial charge on any atom is 0.306 e. The zero-order chi connectivity index (χ0) is 42.3. The summed E-state index contributed by atoms with van der Waals surface area (Å²) in [5.74, 6) is -1.01. The van der Waals surface area contributed by atoms with Gasteiger partial charge in [-0.3, -0.25) is 14.4 Å². The van der Waals surface area contributed by atoms with Crippen molar-refractivity contribution in [2.45, 2.75) is 175 Å². The molecule has 0 spiro atoms. The molecule has 0 aliphatic rings. The molecule has 0 aliphatic heterocycles. The Bertz CT molecular complexity index is 1290. The Balaban J connectivity index is 4.58. The number of carbonyl (C=O) groups is 3. The molecule has 1 unspecified atom stereocenters. The molecule has 0 saturated heterocycles. The van der Waals surface area contributed by atoms with Gasteiger partial charge >= 0.3 is 17.9 Å². The summed E-state index contributed by atoms with van der Waals surface area (Å²) in [6.45, 7) is 6.23. The first-order chi connectivity index (χ1) is 28.5. The van der Waals surface area contributed by atoms with E-state index < -0.39 is 6.10 Å². The van der Waals surface area contributed by atoms with Crippen LogP contribution in [0.4, 0.5) is 0 Å². The summed E-state index contributed by atoms with van der Waals surface area (Å²) in [6, 6.07) is 0. The van der Waals surface area contributed by atoms with E-state index in [2.05, 4.69) is 45.1 Å². The van der Waals surface area contributed by atoms with Gasteiger partial charge in [0.25, 0.3) is 0 Å². The summed E-state index contributed by atoms with van der Waals surface area (Å²) in [5.41, 5.74) is 0. The first-order valence-corrected chi connectivity index (χ1v) is 22.7. The Labute approximate surface area is 354 Å². The van der Waals surface area contributed by atoms with Crippen molar-refractivity contribution in [2.75, 3.05) is 13.2 Å². The van der Waals surface area contributed by atoms with Crippen LogP contribution in [0.15, 0.2) is 122 Å². The Morgan fingerprint density at radius 3 is 1.05 bits per heavy atom. The van der Waals surface area contributed by atoms with Gasteiger partial charge in [-0.15, -0.1) is 0 Å². The molecule has 0 N–H and O–H groups in total. The average molecular weight is 801 g/mol. The molecule has 1 atom stereocenters. The third-order valence-corrected chi connectivity index (χ3v) is 8.97. The molecule has 0 saturated carbocycles. The van der Waals surface area contributed by atoms with Gasteiger partial charge in [-0.05, 0) is 57.8 Å². The Hall–Kier alpha value is -4.19. The number of unbranched alkanes of at least 4 members (excludes halogenated alkanes) is 15. The normalized spacial score (nSPS) is 13.2. The zero-order valence-electron chi connectivity index (χ0n) is 36.8. The summed E-state index contributed by atoms with van der Waals surface area (Å²) in [7, 11) is 0. The summed E-state index contributed by atoms with van der Waals surface area (Å²) in [5, 5.41) is 0. The first kappa shape index (κ1) is 53.8. The molecule has 0 aromatic heterocycles. The highest BCUT2D eigenvalue weighted by molar-refractivity contribution is 5.71. The van der Waals surface area contributed by atoms with Crippen molar-refractivity contribution in [3.8, 4) is 0 Å². The fourth-order valence-corrected chi connectivity index (χ4v) is 5.60. The van der Waals surface area contributed by atoms with Crippen LogP contribution < -0.4 is 0 Å². The number of carbonyl (C=O) groups excluding carboxylic acids is 3. The van der Waals surface area contributed by atoms with Gasteiger partial charge in [0.15, 0.2) is 6.10 Å². The molecule has 0 aliphatic carbocycles.